The second-order valence-electron chi connectivity index (χ2n) is 6.46. The van der Waals surface area contributed by atoms with Gasteiger partial charge in [-0.15, -0.1) is 0 Å². The van der Waals surface area contributed by atoms with E-state index in [2.05, 4.69) is 61.2 Å². The van der Waals surface area contributed by atoms with Gasteiger partial charge >= 0.3 is 0 Å². The summed E-state index contributed by atoms with van der Waals surface area (Å²) in [5, 5.41) is 2.61. The fraction of sp³-hybridized carbons (Fsp3) is 0.474. The average Bonchev–Trinajstić information content (AvgIpc) is 2.52. The molecule has 3 atom stereocenters. The zero-order chi connectivity index (χ0) is 14.8. The molecule has 0 aromatic heterocycles. The van der Waals surface area contributed by atoms with Gasteiger partial charge in [-0.05, 0) is 54.6 Å². The molecule has 0 aliphatic carbocycles. The van der Waals surface area contributed by atoms with Gasteiger partial charge in [0.25, 0.3) is 0 Å². The van der Waals surface area contributed by atoms with Gasteiger partial charge in [-0.25, -0.2) is 0 Å². The van der Waals surface area contributed by atoms with Crippen molar-refractivity contribution in [1.29, 1.82) is 0 Å². The molecular weight excluding hydrogens is 256 g/mol. The van der Waals surface area contributed by atoms with Crippen LogP contribution in [0.3, 0.4) is 0 Å². The standard InChI is InChI=1S/C19H26N2/c1-14-6-5-11-21(15(14)2)19(13-20)18-10-9-16-7-3-4-8-17(16)12-18/h3-4,7-10,12,14-15,19H,5-6,11,13,20H2,1-2H3. The first-order valence-electron chi connectivity index (χ1n) is 8.15. The molecule has 3 unspecified atom stereocenters. The third-order valence-corrected chi connectivity index (χ3v) is 5.20. The van der Waals surface area contributed by atoms with E-state index in [9.17, 15) is 0 Å². The Morgan fingerprint density at radius 3 is 2.67 bits per heavy atom. The Morgan fingerprint density at radius 1 is 1.14 bits per heavy atom. The molecule has 0 bridgehead atoms. The first-order valence-corrected chi connectivity index (χ1v) is 8.15. The van der Waals surface area contributed by atoms with Gasteiger partial charge in [0.05, 0.1) is 0 Å². The van der Waals surface area contributed by atoms with E-state index < -0.39 is 0 Å². The van der Waals surface area contributed by atoms with E-state index in [1.165, 1.54) is 35.7 Å². The summed E-state index contributed by atoms with van der Waals surface area (Å²) in [4.78, 5) is 2.61. The van der Waals surface area contributed by atoms with Crippen LogP contribution in [0.1, 0.15) is 38.3 Å². The highest BCUT2D eigenvalue weighted by Gasteiger charge is 2.30. The van der Waals surface area contributed by atoms with E-state index in [1.807, 2.05) is 0 Å². The molecule has 0 spiro atoms. The molecular formula is C19H26N2. The fourth-order valence-electron chi connectivity index (χ4n) is 3.69. The van der Waals surface area contributed by atoms with Crippen LogP contribution >= 0.6 is 0 Å². The maximum absolute atomic E-state index is 6.15. The molecule has 21 heavy (non-hydrogen) atoms. The maximum Gasteiger partial charge on any atom is 0.0473 e. The van der Waals surface area contributed by atoms with Crippen LogP contribution < -0.4 is 5.73 Å². The summed E-state index contributed by atoms with van der Waals surface area (Å²) < 4.78 is 0. The number of nitrogens with zero attached hydrogens (tertiary/aromatic N) is 1. The van der Waals surface area contributed by atoms with Gasteiger partial charge in [0, 0.05) is 18.6 Å². The molecule has 1 aliphatic heterocycles. The highest BCUT2D eigenvalue weighted by atomic mass is 15.2. The largest absolute Gasteiger partial charge is 0.329 e. The number of hydrogen-bond donors (Lipinski definition) is 1. The van der Waals surface area contributed by atoms with Gasteiger partial charge in [-0.2, -0.15) is 0 Å². The Kier molecular flexibility index (Phi) is 4.27. The van der Waals surface area contributed by atoms with E-state index in [4.69, 9.17) is 5.73 Å². The summed E-state index contributed by atoms with van der Waals surface area (Å²) in [5.41, 5.74) is 7.50. The van der Waals surface area contributed by atoms with Crippen LogP contribution in [0.15, 0.2) is 42.5 Å². The number of benzene rings is 2. The number of hydrogen-bond acceptors (Lipinski definition) is 2. The molecule has 2 heteroatoms. The molecule has 1 aliphatic rings. The lowest BCUT2D eigenvalue weighted by molar-refractivity contribution is 0.0710. The minimum atomic E-state index is 0.340. The molecule has 1 heterocycles. The van der Waals surface area contributed by atoms with E-state index in [0.29, 0.717) is 18.6 Å². The molecule has 0 saturated carbocycles. The lowest BCUT2D eigenvalue weighted by Crippen LogP contribution is -2.46. The lowest BCUT2D eigenvalue weighted by atomic mass is 9.89. The molecule has 0 amide bonds. The fourth-order valence-corrected chi connectivity index (χ4v) is 3.69. The zero-order valence-corrected chi connectivity index (χ0v) is 13.1. The summed E-state index contributed by atoms with van der Waals surface area (Å²) in [7, 11) is 0. The van der Waals surface area contributed by atoms with E-state index in [1.54, 1.807) is 0 Å². The van der Waals surface area contributed by atoms with Crippen LogP contribution in [-0.4, -0.2) is 24.0 Å². The predicted molar refractivity (Wildman–Crippen MR) is 90.3 cm³/mol. The SMILES string of the molecule is CC1CCCN(C(CN)c2ccc3ccccc3c2)C1C. The number of piperidine rings is 1. The number of nitrogens with two attached hydrogens (primary N) is 1. The zero-order valence-electron chi connectivity index (χ0n) is 13.1. The van der Waals surface area contributed by atoms with Gasteiger partial charge < -0.3 is 5.73 Å². The third kappa shape index (κ3) is 2.83. The second kappa shape index (κ2) is 6.17. The van der Waals surface area contributed by atoms with Gasteiger partial charge in [0.1, 0.15) is 0 Å². The molecule has 2 aromatic carbocycles. The Labute approximate surface area is 127 Å². The van der Waals surface area contributed by atoms with E-state index >= 15 is 0 Å². The Hall–Kier alpha value is -1.38. The van der Waals surface area contributed by atoms with Crippen LogP contribution in [0.2, 0.25) is 0 Å². The van der Waals surface area contributed by atoms with Crippen LogP contribution in [-0.2, 0) is 0 Å². The van der Waals surface area contributed by atoms with Crippen LogP contribution in [0, 0.1) is 5.92 Å². The topological polar surface area (TPSA) is 29.3 Å². The van der Waals surface area contributed by atoms with Crippen molar-refractivity contribution in [2.75, 3.05) is 13.1 Å². The normalized spacial score (nSPS) is 25.1. The van der Waals surface area contributed by atoms with Gasteiger partial charge in [-0.1, -0.05) is 43.3 Å². The number of likely N-dealkylation sites (tertiary alicyclic amines) is 1. The Morgan fingerprint density at radius 2 is 1.90 bits per heavy atom. The molecule has 1 saturated heterocycles. The highest BCUT2D eigenvalue weighted by molar-refractivity contribution is 5.83. The van der Waals surface area contributed by atoms with Gasteiger partial charge in [0.2, 0.25) is 0 Å². The number of fused-ring (bicyclic) bond motifs is 1. The molecule has 0 radical (unpaired) electrons. The molecule has 2 N–H and O–H groups in total. The molecule has 2 nitrogen and oxygen atoms in total. The lowest BCUT2D eigenvalue weighted by Gasteiger charge is -2.42. The van der Waals surface area contributed by atoms with Crippen molar-refractivity contribution in [3.8, 4) is 0 Å². The predicted octanol–water partition coefficient (Wildman–Crippen LogP) is 3.96. The number of rotatable bonds is 3. The molecule has 2 aromatic rings. The summed E-state index contributed by atoms with van der Waals surface area (Å²) >= 11 is 0. The minimum absolute atomic E-state index is 0.340. The summed E-state index contributed by atoms with van der Waals surface area (Å²) in [6.07, 6.45) is 2.63. The van der Waals surface area contributed by atoms with Crippen molar-refractivity contribution in [2.45, 2.75) is 38.8 Å². The van der Waals surface area contributed by atoms with E-state index in [-0.39, 0.29) is 0 Å². The quantitative estimate of drug-likeness (QED) is 0.923. The summed E-state index contributed by atoms with van der Waals surface area (Å²) in [5.74, 6) is 0.758. The van der Waals surface area contributed by atoms with Crippen molar-refractivity contribution in [3.63, 3.8) is 0 Å². The van der Waals surface area contributed by atoms with Crippen molar-refractivity contribution in [3.05, 3.63) is 48.0 Å². The summed E-state index contributed by atoms with van der Waals surface area (Å²) in [6, 6.07) is 16.3. The Bertz CT molecular complexity index is 607. The van der Waals surface area contributed by atoms with Crippen molar-refractivity contribution < 1.29 is 0 Å². The second-order valence-corrected chi connectivity index (χ2v) is 6.46. The van der Waals surface area contributed by atoms with Crippen molar-refractivity contribution in [2.24, 2.45) is 11.7 Å². The first-order chi connectivity index (χ1) is 10.2. The molecule has 3 rings (SSSR count). The van der Waals surface area contributed by atoms with Crippen molar-refractivity contribution >= 4 is 10.8 Å². The molecule has 112 valence electrons. The first kappa shape index (κ1) is 14.6. The third-order valence-electron chi connectivity index (χ3n) is 5.20. The maximum atomic E-state index is 6.15. The van der Waals surface area contributed by atoms with E-state index in [0.717, 1.165) is 5.92 Å². The van der Waals surface area contributed by atoms with Crippen LogP contribution in [0.5, 0.6) is 0 Å². The van der Waals surface area contributed by atoms with Crippen LogP contribution in [0.25, 0.3) is 10.8 Å². The monoisotopic (exact) mass is 282 g/mol. The van der Waals surface area contributed by atoms with Crippen molar-refractivity contribution in [1.82, 2.24) is 4.90 Å². The summed E-state index contributed by atoms with van der Waals surface area (Å²) in [6.45, 7) is 6.58. The minimum Gasteiger partial charge on any atom is -0.329 e. The Balaban J connectivity index is 1.93. The molecule has 1 fully saturated rings. The van der Waals surface area contributed by atoms with Gasteiger partial charge in [-0.3, -0.25) is 4.90 Å². The highest BCUT2D eigenvalue weighted by Crippen LogP contribution is 2.32. The smallest absolute Gasteiger partial charge is 0.0473 e. The van der Waals surface area contributed by atoms with Crippen LogP contribution in [0.4, 0.5) is 0 Å². The average molecular weight is 282 g/mol. The van der Waals surface area contributed by atoms with Gasteiger partial charge in [0.15, 0.2) is 0 Å².